The number of carbonyl (C=O) groups excluding carboxylic acids is 1. The summed E-state index contributed by atoms with van der Waals surface area (Å²) in [5.74, 6) is -1.11. The van der Waals surface area contributed by atoms with Gasteiger partial charge in [0.25, 0.3) is 0 Å². The molecule has 2 aromatic rings. The van der Waals surface area contributed by atoms with E-state index in [9.17, 15) is 13.6 Å². The van der Waals surface area contributed by atoms with E-state index < -0.39 is 11.6 Å². The van der Waals surface area contributed by atoms with E-state index in [1.165, 1.54) is 31.2 Å². The minimum atomic E-state index is -0.518. The van der Waals surface area contributed by atoms with Crippen LogP contribution in [-0.2, 0) is 0 Å². The monoisotopic (exact) mass is 264 g/mol. The lowest BCUT2D eigenvalue weighted by Crippen LogP contribution is -1.94. The van der Waals surface area contributed by atoms with Crippen LogP contribution < -0.4 is 0 Å². The molecule has 18 heavy (non-hydrogen) atoms. The molecule has 0 aliphatic carbocycles. The van der Waals surface area contributed by atoms with Crippen LogP contribution in [0.4, 0.5) is 8.78 Å². The summed E-state index contributed by atoms with van der Waals surface area (Å²) in [7, 11) is 0. The molecule has 0 amide bonds. The van der Waals surface area contributed by atoms with E-state index in [-0.39, 0.29) is 5.78 Å². The van der Waals surface area contributed by atoms with Gasteiger partial charge in [-0.3, -0.25) is 4.79 Å². The number of rotatable bonds is 3. The first-order chi connectivity index (χ1) is 8.58. The van der Waals surface area contributed by atoms with Gasteiger partial charge in [-0.15, -0.1) is 0 Å². The van der Waals surface area contributed by atoms with Crippen molar-refractivity contribution >= 4 is 17.5 Å². The first kappa shape index (κ1) is 12.8. The lowest BCUT2D eigenvalue weighted by Gasteiger charge is -2.05. The summed E-state index contributed by atoms with van der Waals surface area (Å²) in [5.41, 5.74) is 0.311. The molecule has 0 saturated heterocycles. The van der Waals surface area contributed by atoms with Crippen molar-refractivity contribution in [2.24, 2.45) is 0 Å². The van der Waals surface area contributed by atoms with Gasteiger partial charge in [0.2, 0.25) is 0 Å². The zero-order valence-electron chi connectivity index (χ0n) is 9.61. The molecule has 0 heterocycles. The molecule has 92 valence electrons. The Morgan fingerprint density at radius 1 is 1.00 bits per heavy atom. The van der Waals surface area contributed by atoms with Gasteiger partial charge in [0, 0.05) is 15.4 Å². The molecule has 0 atom stereocenters. The van der Waals surface area contributed by atoms with Gasteiger partial charge in [-0.1, -0.05) is 30.0 Å². The third kappa shape index (κ3) is 2.76. The average Bonchev–Trinajstić information content (AvgIpc) is 2.34. The second-order valence-corrected chi connectivity index (χ2v) is 4.82. The summed E-state index contributed by atoms with van der Waals surface area (Å²) in [4.78, 5) is 11.7. The fourth-order valence-corrected chi connectivity index (χ4v) is 2.29. The Labute approximate surface area is 108 Å². The lowest BCUT2D eigenvalue weighted by atomic mass is 10.1. The van der Waals surface area contributed by atoms with Crippen LogP contribution in [-0.4, -0.2) is 5.78 Å². The van der Waals surface area contributed by atoms with Gasteiger partial charge in [-0.2, -0.15) is 0 Å². The third-order valence-corrected chi connectivity index (χ3v) is 3.50. The van der Waals surface area contributed by atoms with Crippen LogP contribution in [0.1, 0.15) is 17.3 Å². The summed E-state index contributed by atoms with van der Waals surface area (Å²) in [5, 5.41) is 0. The van der Waals surface area contributed by atoms with Crippen molar-refractivity contribution in [1.29, 1.82) is 0 Å². The van der Waals surface area contributed by atoms with E-state index in [0.29, 0.717) is 15.4 Å². The van der Waals surface area contributed by atoms with Crippen molar-refractivity contribution in [2.75, 3.05) is 0 Å². The van der Waals surface area contributed by atoms with Gasteiger partial charge < -0.3 is 0 Å². The predicted octanol–water partition coefficient (Wildman–Crippen LogP) is 4.32. The summed E-state index contributed by atoms with van der Waals surface area (Å²) in [6, 6.07) is 10.4. The van der Waals surface area contributed by atoms with Crippen LogP contribution in [0.25, 0.3) is 0 Å². The van der Waals surface area contributed by atoms with Crippen LogP contribution in [0.2, 0.25) is 0 Å². The Balaban J connectivity index is 2.30. The molecule has 0 bridgehead atoms. The maximum atomic E-state index is 13.7. The van der Waals surface area contributed by atoms with Gasteiger partial charge in [0.05, 0.1) is 0 Å². The zero-order valence-corrected chi connectivity index (χ0v) is 10.4. The van der Waals surface area contributed by atoms with E-state index in [4.69, 9.17) is 0 Å². The largest absolute Gasteiger partial charge is 0.295 e. The highest BCUT2D eigenvalue weighted by Crippen LogP contribution is 2.31. The first-order valence-corrected chi connectivity index (χ1v) is 6.12. The van der Waals surface area contributed by atoms with Crippen LogP contribution >= 0.6 is 11.8 Å². The standard InChI is InChI=1S/C14H10F2OS/c1-9(17)10-6-7-14(12(16)8-10)18-13-5-3-2-4-11(13)15/h2-8H,1H3. The smallest absolute Gasteiger partial charge is 0.159 e. The molecule has 0 spiro atoms. The van der Waals surface area contributed by atoms with Gasteiger partial charge in [0.15, 0.2) is 5.78 Å². The molecule has 0 radical (unpaired) electrons. The highest BCUT2D eigenvalue weighted by molar-refractivity contribution is 7.99. The molecule has 0 aromatic heterocycles. The van der Waals surface area contributed by atoms with Crippen LogP contribution in [0, 0.1) is 11.6 Å². The zero-order chi connectivity index (χ0) is 13.1. The number of benzene rings is 2. The third-order valence-electron chi connectivity index (χ3n) is 2.39. The summed E-state index contributed by atoms with van der Waals surface area (Å²) in [6.45, 7) is 1.37. The van der Waals surface area contributed by atoms with Crippen molar-refractivity contribution in [2.45, 2.75) is 16.7 Å². The Kier molecular flexibility index (Phi) is 3.77. The second kappa shape index (κ2) is 5.31. The fourth-order valence-electron chi connectivity index (χ4n) is 1.45. The average molecular weight is 264 g/mol. The van der Waals surface area contributed by atoms with Gasteiger partial charge in [-0.05, 0) is 31.2 Å². The number of hydrogen-bond donors (Lipinski definition) is 0. The Hall–Kier alpha value is -1.68. The normalized spacial score (nSPS) is 10.4. The number of carbonyl (C=O) groups is 1. The van der Waals surface area contributed by atoms with E-state index in [2.05, 4.69) is 0 Å². The second-order valence-electron chi connectivity index (χ2n) is 3.73. The highest BCUT2D eigenvalue weighted by Gasteiger charge is 2.09. The molecule has 0 N–H and O–H groups in total. The fraction of sp³-hybridized carbons (Fsp3) is 0.0714. The number of ketones is 1. The molecule has 0 saturated carbocycles. The van der Waals surface area contributed by atoms with E-state index in [1.807, 2.05) is 0 Å². The molecular formula is C14H10F2OS. The SMILES string of the molecule is CC(=O)c1ccc(Sc2ccccc2F)c(F)c1. The number of Topliss-reactive ketones (excluding diaryl/α,β-unsaturated/α-hetero) is 1. The molecule has 0 aliphatic heterocycles. The quantitative estimate of drug-likeness (QED) is 0.768. The lowest BCUT2D eigenvalue weighted by molar-refractivity contribution is 0.101. The van der Waals surface area contributed by atoms with Crippen molar-refractivity contribution in [1.82, 2.24) is 0 Å². The first-order valence-electron chi connectivity index (χ1n) is 5.31. The molecular weight excluding hydrogens is 254 g/mol. The summed E-state index contributed by atoms with van der Waals surface area (Å²) < 4.78 is 27.1. The van der Waals surface area contributed by atoms with Crippen molar-refractivity contribution in [3.8, 4) is 0 Å². The molecule has 4 heteroatoms. The van der Waals surface area contributed by atoms with Crippen LogP contribution in [0.5, 0.6) is 0 Å². The Morgan fingerprint density at radius 3 is 2.28 bits per heavy atom. The van der Waals surface area contributed by atoms with Gasteiger partial charge in [0.1, 0.15) is 11.6 Å². The van der Waals surface area contributed by atoms with E-state index in [1.54, 1.807) is 18.2 Å². The number of hydrogen-bond acceptors (Lipinski definition) is 2. The Morgan fingerprint density at radius 2 is 1.67 bits per heavy atom. The van der Waals surface area contributed by atoms with Crippen molar-refractivity contribution in [3.05, 3.63) is 59.7 Å². The predicted molar refractivity (Wildman–Crippen MR) is 66.9 cm³/mol. The molecule has 0 aliphatic rings. The topological polar surface area (TPSA) is 17.1 Å². The van der Waals surface area contributed by atoms with Crippen LogP contribution in [0.3, 0.4) is 0 Å². The van der Waals surface area contributed by atoms with Gasteiger partial charge >= 0.3 is 0 Å². The van der Waals surface area contributed by atoms with E-state index in [0.717, 1.165) is 11.8 Å². The molecule has 1 nitrogen and oxygen atoms in total. The summed E-state index contributed by atoms with van der Waals surface area (Å²) >= 11 is 1.000. The molecule has 0 fully saturated rings. The molecule has 0 unspecified atom stereocenters. The minimum absolute atomic E-state index is 0.198. The minimum Gasteiger partial charge on any atom is -0.295 e. The summed E-state index contributed by atoms with van der Waals surface area (Å²) in [6.07, 6.45) is 0. The van der Waals surface area contributed by atoms with Crippen molar-refractivity contribution in [3.63, 3.8) is 0 Å². The van der Waals surface area contributed by atoms with Crippen LogP contribution in [0.15, 0.2) is 52.3 Å². The number of halogens is 2. The van der Waals surface area contributed by atoms with E-state index >= 15 is 0 Å². The van der Waals surface area contributed by atoms with Crippen molar-refractivity contribution < 1.29 is 13.6 Å². The Bertz CT molecular complexity index is 596. The maximum Gasteiger partial charge on any atom is 0.159 e. The molecule has 2 rings (SSSR count). The highest BCUT2D eigenvalue weighted by atomic mass is 32.2. The molecule has 2 aromatic carbocycles. The maximum absolute atomic E-state index is 13.7. The van der Waals surface area contributed by atoms with Gasteiger partial charge in [-0.25, -0.2) is 8.78 Å².